The summed E-state index contributed by atoms with van der Waals surface area (Å²) in [7, 11) is 0. The van der Waals surface area contributed by atoms with Gasteiger partial charge in [0.25, 0.3) is 0 Å². The van der Waals surface area contributed by atoms with Crippen LogP contribution < -0.4 is 0 Å². The van der Waals surface area contributed by atoms with Gasteiger partial charge in [0.1, 0.15) is 12.3 Å². The van der Waals surface area contributed by atoms with Crippen molar-refractivity contribution in [2.75, 3.05) is 0 Å². The SMILES string of the molecule is Cc1cc(Br)ccc1-c1cc(CO)on1. The van der Waals surface area contributed by atoms with Crippen molar-refractivity contribution < 1.29 is 9.63 Å². The quantitative estimate of drug-likeness (QED) is 0.910. The highest BCUT2D eigenvalue weighted by molar-refractivity contribution is 9.10. The summed E-state index contributed by atoms with van der Waals surface area (Å²) >= 11 is 3.40. The first-order valence-electron chi connectivity index (χ1n) is 4.53. The van der Waals surface area contributed by atoms with Gasteiger partial charge in [-0.2, -0.15) is 0 Å². The van der Waals surface area contributed by atoms with Gasteiger partial charge in [-0.25, -0.2) is 0 Å². The predicted octanol–water partition coefficient (Wildman–Crippen LogP) is 2.90. The Labute approximate surface area is 95.8 Å². The fourth-order valence-corrected chi connectivity index (χ4v) is 1.90. The molecule has 0 fully saturated rings. The Morgan fingerprint density at radius 3 is 2.80 bits per heavy atom. The number of aliphatic hydroxyl groups excluding tert-OH is 1. The Kier molecular flexibility index (Phi) is 2.88. The fraction of sp³-hybridized carbons (Fsp3) is 0.182. The van der Waals surface area contributed by atoms with Crippen molar-refractivity contribution in [3.05, 3.63) is 40.1 Å². The van der Waals surface area contributed by atoms with Crippen LogP contribution in [0.3, 0.4) is 0 Å². The van der Waals surface area contributed by atoms with E-state index in [9.17, 15) is 0 Å². The van der Waals surface area contributed by atoms with Crippen molar-refractivity contribution in [3.63, 3.8) is 0 Å². The summed E-state index contributed by atoms with van der Waals surface area (Å²) in [6, 6.07) is 7.69. The summed E-state index contributed by atoms with van der Waals surface area (Å²) in [5.74, 6) is 0.479. The first-order valence-corrected chi connectivity index (χ1v) is 5.33. The van der Waals surface area contributed by atoms with Crippen LogP contribution in [0.2, 0.25) is 0 Å². The molecule has 4 heteroatoms. The lowest BCUT2D eigenvalue weighted by atomic mass is 10.1. The topological polar surface area (TPSA) is 46.3 Å². The lowest BCUT2D eigenvalue weighted by molar-refractivity contribution is 0.229. The summed E-state index contributed by atoms with van der Waals surface area (Å²) in [5.41, 5.74) is 2.88. The molecule has 3 nitrogen and oxygen atoms in total. The summed E-state index contributed by atoms with van der Waals surface area (Å²) in [5, 5.41) is 12.8. The number of aryl methyl sites for hydroxylation is 1. The van der Waals surface area contributed by atoms with Crippen LogP contribution in [0.25, 0.3) is 11.3 Å². The third-order valence-electron chi connectivity index (χ3n) is 2.18. The van der Waals surface area contributed by atoms with E-state index in [1.165, 1.54) is 0 Å². The summed E-state index contributed by atoms with van der Waals surface area (Å²) in [6.45, 7) is 1.88. The number of benzene rings is 1. The minimum atomic E-state index is -0.122. The van der Waals surface area contributed by atoms with Gasteiger partial charge in [0.05, 0.1) is 0 Å². The van der Waals surface area contributed by atoms with Crippen LogP contribution in [0.15, 0.2) is 33.3 Å². The number of aliphatic hydroxyl groups is 1. The first-order chi connectivity index (χ1) is 7.20. The van der Waals surface area contributed by atoms with Crippen LogP contribution in [-0.2, 0) is 6.61 Å². The number of aromatic nitrogens is 1. The maximum absolute atomic E-state index is 8.87. The summed E-state index contributed by atoms with van der Waals surface area (Å²) < 4.78 is 5.98. The molecule has 2 rings (SSSR count). The Hall–Kier alpha value is -1.13. The maximum atomic E-state index is 8.87. The molecule has 1 N–H and O–H groups in total. The molecule has 0 unspecified atom stereocenters. The van der Waals surface area contributed by atoms with E-state index in [1.54, 1.807) is 6.07 Å². The van der Waals surface area contributed by atoms with Gasteiger partial charge in [-0.1, -0.05) is 27.2 Å². The first kappa shape index (κ1) is 10.4. The molecule has 15 heavy (non-hydrogen) atoms. The zero-order valence-electron chi connectivity index (χ0n) is 8.20. The van der Waals surface area contributed by atoms with Crippen molar-refractivity contribution in [1.29, 1.82) is 0 Å². The molecule has 1 heterocycles. The van der Waals surface area contributed by atoms with E-state index in [0.29, 0.717) is 5.76 Å². The Morgan fingerprint density at radius 2 is 2.20 bits per heavy atom. The fourth-order valence-electron chi connectivity index (χ4n) is 1.43. The van der Waals surface area contributed by atoms with Crippen LogP contribution in [0.4, 0.5) is 0 Å². The van der Waals surface area contributed by atoms with E-state index in [0.717, 1.165) is 21.3 Å². The van der Waals surface area contributed by atoms with Crippen LogP contribution in [0.5, 0.6) is 0 Å². The summed E-state index contributed by atoms with van der Waals surface area (Å²) in [4.78, 5) is 0. The third-order valence-corrected chi connectivity index (χ3v) is 2.67. The minimum Gasteiger partial charge on any atom is -0.388 e. The molecule has 0 aliphatic carbocycles. The second-order valence-electron chi connectivity index (χ2n) is 3.30. The van der Waals surface area contributed by atoms with Crippen molar-refractivity contribution >= 4 is 15.9 Å². The van der Waals surface area contributed by atoms with Crippen molar-refractivity contribution in [3.8, 4) is 11.3 Å². The molecule has 1 aromatic heterocycles. The van der Waals surface area contributed by atoms with Crippen LogP contribution in [-0.4, -0.2) is 10.3 Å². The highest BCUT2D eigenvalue weighted by atomic mass is 79.9. The van der Waals surface area contributed by atoms with Crippen molar-refractivity contribution in [1.82, 2.24) is 5.16 Å². The van der Waals surface area contributed by atoms with E-state index in [4.69, 9.17) is 9.63 Å². The van der Waals surface area contributed by atoms with E-state index < -0.39 is 0 Å². The molecule has 0 saturated carbocycles. The van der Waals surface area contributed by atoms with Crippen LogP contribution in [0.1, 0.15) is 11.3 Å². The van der Waals surface area contributed by atoms with Gasteiger partial charge in [-0.15, -0.1) is 0 Å². The highest BCUT2D eigenvalue weighted by Gasteiger charge is 2.08. The molecular weight excluding hydrogens is 258 g/mol. The molecule has 0 radical (unpaired) electrons. The predicted molar refractivity (Wildman–Crippen MR) is 60.3 cm³/mol. The smallest absolute Gasteiger partial charge is 0.162 e. The molecule has 0 atom stereocenters. The molecular formula is C11H10BrNO2. The van der Waals surface area contributed by atoms with Gasteiger partial charge in [-0.3, -0.25) is 0 Å². The van der Waals surface area contributed by atoms with E-state index in [1.807, 2.05) is 25.1 Å². The largest absolute Gasteiger partial charge is 0.388 e. The van der Waals surface area contributed by atoms with E-state index in [-0.39, 0.29) is 6.61 Å². The standard InChI is InChI=1S/C11H10BrNO2/c1-7-4-8(12)2-3-10(7)11-5-9(6-14)15-13-11/h2-5,14H,6H2,1H3. The number of rotatable bonds is 2. The Balaban J connectivity index is 2.44. The molecule has 0 spiro atoms. The number of hydrogen-bond acceptors (Lipinski definition) is 3. The number of halogens is 1. The third kappa shape index (κ3) is 2.11. The molecule has 0 saturated heterocycles. The second-order valence-corrected chi connectivity index (χ2v) is 4.21. The zero-order valence-corrected chi connectivity index (χ0v) is 9.78. The normalized spacial score (nSPS) is 10.6. The molecule has 0 aliphatic rings. The zero-order chi connectivity index (χ0) is 10.8. The van der Waals surface area contributed by atoms with Gasteiger partial charge in [0.2, 0.25) is 0 Å². The Bertz CT molecular complexity index is 479. The average molecular weight is 268 g/mol. The molecule has 0 bridgehead atoms. The molecule has 1 aromatic carbocycles. The minimum absolute atomic E-state index is 0.122. The Morgan fingerprint density at radius 1 is 1.40 bits per heavy atom. The van der Waals surface area contributed by atoms with Gasteiger partial charge < -0.3 is 9.63 Å². The maximum Gasteiger partial charge on any atom is 0.162 e. The summed E-state index contributed by atoms with van der Waals surface area (Å²) in [6.07, 6.45) is 0. The molecule has 2 aromatic rings. The van der Waals surface area contributed by atoms with E-state index >= 15 is 0 Å². The van der Waals surface area contributed by atoms with E-state index in [2.05, 4.69) is 21.1 Å². The van der Waals surface area contributed by atoms with Gasteiger partial charge in [-0.05, 0) is 24.6 Å². The van der Waals surface area contributed by atoms with Gasteiger partial charge in [0.15, 0.2) is 5.76 Å². The lowest BCUT2D eigenvalue weighted by Crippen LogP contribution is -1.82. The molecule has 0 aliphatic heterocycles. The van der Waals surface area contributed by atoms with Crippen molar-refractivity contribution in [2.45, 2.75) is 13.5 Å². The average Bonchev–Trinajstić information content (AvgIpc) is 2.66. The number of hydrogen-bond donors (Lipinski definition) is 1. The van der Waals surface area contributed by atoms with Gasteiger partial charge >= 0.3 is 0 Å². The number of nitrogens with zero attached hydrogens (tertiary/aromatic N) is 1. The molecule has 0 amide bonds. The highest BCUT2D eigenvalue weighted by Crippen LogP contribution is 2.25. The lowest BCUT2D eigenvalue weighted by Gasteiger charge is -2.01. The monoisotopic (exact) mass is 267 g/mol. The van der Waals surface area contributed by atoms with Crippen LogP contribution in [0, 0.1) is 6.92 Å². The van der Waals surface area contributed by atoms with Crippen LogP contribution >= 0.6 is 15.9 Å². The second kappa shape index (κ2) is 4.16. The molecule has 78 valence electrons. The van der Waals surface area contributed by atoms with Crippen molar-refractivity contribution in [2.24, 2.45) is 0 Å². The van der Waals surface area contributed by atoms with Gasteiger partial charge in [0, 0.05) is 16.1 Å².